The van der Waals surface area contributed by atoms with Crippen LogP contribution in [-0.2, 0) is 26.0 Å². The topological polar surface area (TPSA) is 107 Å². The van der Waals surface area contributed by atoms with Crippen LogP contribution in [0.4, 0.5) is 0 Å². The monoisotopic (exact) mass is 447 g/mol. The SMILES string of the molecule is O=C(O)C[C@]1(c2ccc(-c3ccc(OCc4cnco4)cc3)s2)CCCCS1(=O)=O. The molecule has 2 aromatic heterocycles. The van der Waals surface area contributed by atoms with Crippen LogP contribution in [0.15, 0.2) is 53.4 Å². The Morgan fingerprint density at radius 3 is 2.67 bits per heavy atom. The number of thiophene rings is 1. The molecule has 1 saturated heterocycles. The summed E-state index contributed by atoms with van der Waals surface area (Å²) in [7, 11) is -3.54. The van der Waals surface area contributed by atoms with Crippen molar-refractivity contribution in [3.05, 3.63) is 59.6 Å². The lowest BCUT2D eigenvalue weighted by Crippen LogP contribution is -2.41. The second-order valence-corrected chi connectivity index (χ2v) is 10.8. The molecule has 1 fully saturated rings. The summed E-state index contributed by atoms with van der Waals surface area (Å²) in [5.74, 6) is 0.234. The smallest absolute Gasteiger partial charge is 0.305 e. The number of carboxylic acids is 1. The molecule has 1 N–H and O–H groups in total. The number of hydrogen-bond donors (Lipinski definition) is 1. The summed E-state index contributed by atoms with van der Waals surface area (Å²) in [6.07, 6.45) is 4.17. The first-order valence-corrected chi connectivity index (χ1v) is 12.0. The van der Waals surface area contributed by atoms with Crippen LogP contribution >= 0.6 is 11.3 Å². The summed E-state index contributed by atoms with van der Waals surface area (Å²) >= 11 is 1.35. The van der Waals surface area contributed by atoms with Gasteiger partial charge in [0.25, 0.3) is 0 Å². The molecular weight excluding hydrogens is 426 g/mol. The van der Waals surface area contributed by atoms with Gasteiger partial charge in [-0.05, 0) is 54.8 Å². The Hall–Kier alpha value is -2.65. The first kappa shape index (κ1) is 20.6. The number of oxazole rings is 1. The molecule has 0 radical (unpaired) electrons. The van der Waals surface area contributed by atoms with E-state index in [2.05, 4.69) is 4.98 Å². The van der Waals surface area contributed by atoms with Crippen molar-refractivity contribution in [3.63, 3.8) is 0 Å². The van der Waals surface area contributed by atoms with Crippen LogP contribution in [0.2, 0.25) is 0 Å². The van der Waals surface area contributed by atoms with Gasteiger partial charge in [0.05, 0.1) is 18.4 Å². The number of aromatic nitrogens is 1. The first-order valence-electron chi connectivity index (χ1n) is 9.55. The number of hydrogen-bond acceptors (Lipinski definition) is 7. The number of carboxylic acid groups (broad SMARTS) is 1. The lowest BCUT2D eigenvalue weighted by molar-refractivity contribution is -0.137. The molecular formula is C21H21NO6S2. The van der Waals surface area contributed by atoms with E-state index in [-0.39, 0.29) is 12.4 Å². The average molecular weight is 448 g/mol. The normalized spacial score (nSPS) is 20.7. The van der Waals surface area contributed by atoms with Crippen LogP contribution < -0.4 is 4.74 Å². The largest absolute Gasteiger partial charge is 0.486 e. The van der Waals surface area contributed by atoms with E-state index in [4.69, 9.17) is 9.15 Å². The lowest BCUT2D eigenvalue weighted by atomic mass is 9.95. The van der Waals surface area contributed by atoms with Gasteiger partial charge in [-0.2, -0.15) is 0 Å². The zero-order valence-corrected chi connectivity index (χ0v) is 17.7. The molecule has 0 spiro atoms. The molecule has 1 aromatic carbocycles. The highest BCUT2D eigenvalue weighted by Crippen LogP contribution is 2.47. The van der Waals surface area contributed by atoms with E-state index in [0.717, 1.165) is 10.4 Å². The van der Waals surface area contributed by atoms with Crippen LogP contribution in [0, 0.1) is 0 Å². The Labute approximate surface area is 178 Å². The summed E-state index contributed by atoms with van der Waals surface area (Å²) < 4.78 is 35.3. The molecule has 4 rings (SSSR count). The van der Waals surface area contributed by atoms with Gasteiger partial charge in [-0.1, -0.05) is 6.42 Å². The van der Waals surface area contributed by atoms with E-state index in [1.54, 1.807) is 12.3 Å². The van der Waals surface area contributed by atoms with Crippen molar-refractivity contribution >= 4 is 27.1 Å². The number of aliphatic carboxylic acids is 1. The van der Waals surface area contributed by atoms with Gasteiger partial charge in [0, 0.05) is 9.75 Å². The van der Waals surface area contributed by atoms with Crippen molar-refractivity contribution < 1.29 is 27.5 Å². The van der Waals surface area contributed by atoms with Gasteiger partial charge in [0.1, 0.15) is 17.1 Å². The van der Waals surface area contributed by atoms with Crippen molar-refractivity contribution in [2.45, 2.75) is 37.0 Å². The minimum Gasteiger partial charge on any atom is -0.486 e. The maximum atomic E-state index is 12.9. The molecule has 158 valence electrons. The molecule has 3 aromatic rings. The highest BCUT2D eigenvalue weighted by Gasteiger charge is 2.49. The van der Waals surface area contributed by atoms with Crippen LogP contribution in [0.25, 0.3) is 10.4 Å². The molecule has 9 heteroatoms. The molecule has 1 aliphatic heterocycles. The van der Waals surface area contributed by atoms with Crippen LogP contribution in [-0.4, -0.2) is 30.2 Å². The number of benzene rings is 1. The second kappa shape index (κ2) is 8.23. The van der Waals surface area contributed by atoms with Gasteiger partial charge in [0.15, 0.2) is 22.0 Å². The highest BCUT2D eigenvalue weighted by molar-refractivity contribution is 7.92. The Bertz CT molecular complexity index is 1120. The predicted molar refractivity (Wildman–Crippen MR) is 112 cm³/mol. The van der Waals surface area contributed by atoms with Gasteiger partial charge < -0.3 is 14.3 Å². The molecule has 0 amide bonds. The molecule has 0 aliphatic carbocycles. The number of ether oxygens (including phenoxy) is 1. The quantitative estimate of drug-likeness (QED) is 0.577. The summed E-state index contributed by atoms with van der Waals surface area (Å²) in [5, 5.41) is 9.41. The van der Waals surface area contributed by atoms with E-state index in [0.29, 0.717) is 35.6 Å². The zero-order chi connectivity index (χ0) is 21.2. The minimum absolute atomic E-state index is 0.0325. The van der Waals surface area contributed by atoms with Gasteiger partial charge in [0.2, 0.25) is 0 Å². The fraction of sp³-hybridized carbons (Fsp3) is 0.333. The molecule has 0 saturated carbocycles. The summed E-state index contributed by atoms with van der Waals surface area (Å²) in [6.45, 7) is 0.276. The van der Waals surface area contributed by atoms with Crippen LogP contribution in [0.3, 0.4) is 0 Å². The van der Waals surface area contributed by atoms with Gasteiger partial charge >= 0.3 is 5.97 Å². The molecule has 3 heterocycles. The summed E-state index contributed by atoms with van der Waals surface area (Å²) in [5.41, 5.74) is 0.914. The maximum Gasteiger partial charge on any atom is 0.305 e. The van der Waals surface area contributed by atoms with Gasteiger partial charge in [-0.3, -0.25) is 4.79 Å². The maximum absolute atomic E-state index is 12.9. The number of carbonyl (C=O) groups is 1. The Kier molecular flexibility index (Phi) is 5.66. The Morgan fingerprint density at radius 1 is 1.20 bits per heavy atom. The van der Waals surface area contributed by atoms with Gasteiger partial charge in [-0.15, -0.1) is 11.3 Å². The second-order valence-electron chi connectivity index (χ2n) is 7.29. The minimum atomic E-state index is -3.54. The first-order chi connectivity index (χ1) is 14.4. The van der Waals surface area contributed by atoms with Crippen LogP contribution in [0.1, 0.15) is 36.3 Å². The molecule has 1 aliphatic rings. The van der Waals surface area contributed by atoms with E-state index in [1.165, 1.54) is 17.7 Å². The third kappa shape index (κ3) is 3.99. The van der Waals surface area contributed by atoms with Crippen LogP contribution in [0.5, 0.6) is 5.75 Å². The van der Waals surface area contributed by atoms with E-state index >= 15 is 0 Å². The predicted octanol–water partition coefficient (Wildman–Crippen LogP) is 4.25. The molecule has 1 atom stereocenters. The third-order valence-electron chi connectivity index (χ3n) is 5.33. The molecule has 0 bridgehead atoms. The Balaban J connectivity index is 1.57. The number of sulfone groups is 1. The fourth-order valence-electron chi connectivity index (χ4n) is 3.78. The van der Waals surface area contributed by atoms with Gasteiger partial charge in [-0.25, -0.2) is 13.4 Å². The van der Waals surface area contributed by atoms with Crippen molar-refractivity contribution in [2.24, 2.45) is 0 Å². The fourth-order valence-corrected chi connectivity index (χ4v) is 7.56. The lowest BCUT2D eigenvalue weighted by Gasteiger charge is -2.34. The third-order valence-corrected chi connectivity index (χ3v) is 9.39. The average Bonchev–Trinajstić information content (AvgIpc) is 3.40. The molecule has 7 nitrogen and oxygen atoms in total. The summed E-state index contributed by atoms with van der Waals surface area (Å²) in [4.78, 5) is 16.8. The number of rotatable bonds is 7. The van der Waals surface area contributed by atoms with E-state index in [9.17, 15) is 18.3 Å². The van der Waals surface area contributed by atoms with E-state index < -0.39 is 27.0 Å². The van der Waals surface area contributed by atoms with E-state index in [1.807, 2.05) is 30.3 Å². The highest BCUT2D eigenvalue weighted by atomic mass is 32.2. The number of nitrogens with zero attached hydrogens (tertiary/aromatic N) is 1. The van der Waals surface area contributed by atoms with Crippen molar-refractivity contribution in [2.75, 3.05) is 5.75 Å². The summed E-state index contributed by atoms with van der Waals surface area (Å²) in [6, 6.07) is 11.1. The Morgan fingerprint density at radius 2 is 2.00 bits per heavy atom. The molecule has 30 heavy (non-hydrogen) atoms. The van der Waals surface area contributed by atoms with Crippen molar-refractivity contribution in [1.29, 1.82) is 0 Å². The van der Waals surface area contributed by atoms with Crippen molar-refractivity contribution in [3.8, 4) is 16.2 Å². The van der Waals surface area contributed by atoms with Crippen molar-refractivity contribution in [1.82, 2.24) is 4.98 Å². The molecule has 0 unspecified atom stereocenters. The zero-order valence-electron chi connectivity index (χ0n) is 16.1. The standard InChI is InChI=1S/C21H21NO6S2/c23-20(24)11-21(9-1-2-10-30(21,25)26)19-8-7-18(29-19)15-3-5-16(6-4-15)27-13-17-12-22-14-28-17/h3-8,12,14H,1-2,9-11,13H2,(H,23,24)/t21-/m0/s1.